The highest BCUT2D eigenvalue weighted by molar-refractivity contribution is 5.88. The number of hydrogen-bond acceptors (Lipinski definition) is 8. The fraction of sp³-hybridized carbons (Fsp3) is 0.429. The number of unbranched alkanes of at least 4 members (excludes halogenated alkanes) is 7. The van der Waals surface area contributed by atoms with Crippen molar-refractivity contribution in [2.45, 2.75) is 78.1 Å². The fourth-order valence-corrected chi connectivity index (χ4v) is 5.53. The van der Waals surface area contributed by atoms with Crippen LogP contribution in [-0.4, -0.2) is 61.8 Å². The van der Waals surface area contributed by atoms with Crippen LogP contribution in [0.4, 0.5) is 0 Å². The van der Waals surface area contributed by atoms with Gasteiger partial charge in [0.2, 0.25) is 0 Å². The van der Waals surface area contributed by atoms with E-state index in [1.165, 1.54) is 56.1 Å². The van der Waals surface area contributed by atoms with Crippen molar-refractivity contribution in [2.24, 2.45) is 0 Å². The maximum Gasteiger partial charge on any atom is 0.335 e. The first-order chi connectivity index (χ1) is 24.3. The van der Waals surface area contributed by atoms with Crippen molar-refractivity contribution in [2.75, 3.05) is 39.6 Å². The molecule has 3 rings (SSSR count). The summed E-state index contributed by atoms with van der Waals surface area (Å²) >= 11 is 0. The van der Waals surface area contributed by atoms with Gasteiger partial charge in [-0.15, -0.1) is 0 Å². The van der Waals surface area contributed by atoms with Crippen LogP contribution in [0.2, 0.25) is 0 Å². The molecule has 0 spiro atoms. The minimum Gasteiger partial charge on any atom is -0.490 e. The second-order valence-corrected chi connectivity index (χ2v) is 12.3. The number of carbonyl (C=O) groups is 2. The van der Waals surface area contributed by atoms with Crippen molar-refractivity contribution in [1.29, 1.82) is 0 Å². The van der Waals surface area contributed by atoms with E-state index in [2.05, 4.69) is 69.5 Å². The zero-order valence-electron chi connectivity index (χ0n) is 29.8. The van der Waals surface area contributed by atoms with Gasteiger partial charge in [-0.2, -0.15) is 0 Å². The lowest BCUT2D eigenvalue weighted by atomic mass is 9.91. The molecule has 0 radical (unpaired) electrons. The number of aliphatic hydroxyl groups excluding tert-OH is 2. The molecule has 2 N–H and O–H groups in total. The molecule has 3 aromatic rings. The molecule has 0 fully saturated rings. The van der Waals surface area contributed by atoms with Crippen molar-refractivity contribution < 1.29 is 38.7 Å². The third-order valence-electron chi connectivity index (χ3n) is 8.46. The Morgan fingerprint density at radius 2 is 1.12 bits per heavy atom. The largest absolute Gasteiger partial charge is 0.490 e. The van der Waals surface area contributed by atoms with Gasteiger partial charge in [0.15, 0.2) is 0 Å². The summed E-state index contributed by atoms with van der Waals surface area (Å²) in [4.78, 5) is 23.4. The Hall–Kier alpha value is -4.40. The number of aryl methyl sites for hydroxylation is 2. The number of rotatable bonds is 24. The summed E-state index contributed by atoms with van der Waals surface area (Å²) in [6.07, 6.45) is 11.8. The smallest absolute Gasteiger partial charge is 0.335 e. The Kier molecular flexibility index (Phi) is 17.9. The predicted octanol–water partition coefficient (Wildman–Crippen LogP) is 8.21. The molecule has 0 amide bonds. The third kappa shape index (κ3) is 13.1. The lowest BCUT2D eigenvalue weighted by Gasteiger charge is -2.16. The maximum atomic E-state index is 11.7. The number of hydrogen-bond donors (Lipinski definition) is 2. The van der Waals surface area contributed by atoms with Crippen molar-refractivity contribution in [3.63, 3.8) is 0 Å². The van der Waals surface area contributed by atoms with Gasteiger partial charge in [-0.25, -0.2) is 9.59 Å². The summed E-state index contributed by atoms with van der Waals surface area (Å²) < 4.78 is 21.9. The highest BCUT2D eigenvalue weighted by Crippen LogP contribution is 2.33. The van der Waals surface area contributed by atoms with E-state index in [9.17, 15) is 9.59 Å². The van der Waals surface area contributed by atoms with Crippen LogP contribution < -0.4 is 9.47 Å². The molecule has 0 aliphatic heterocycles. The first-order valence-corrected chi connectivity index (χ1v) is 17.8. The molecule has 0 saturated heterocycles. The Balaban J connectivity index is 1.72. The highest BCUT2D eigenvalue weighted by atomic mass is 16.6. The Morgan fingerprint density at radius 1 is 0.600 bits per heavy atom. The summed E-state index contributed by atoms with van der Waals surface area (Å²) in [6.45, 7) is 10.9. The Labute approximate surface area is 297 Å². The monoisotopic (exact) mass is 686 g/mol. The zero-order valence-corrected chi connectivity index (χ0v) is 29.8. The van der Waals surface area contributed by atoms with E-state index < -0.39 is 25.2 Å². The number of benzene rings is 3. The first kappa shape index (κ1) is 40.0. The van der Waals surface area contributed by atoms with Gasteiger partial charge in [-0.1, -0.05) is 108 Å². The Bertz CT molecular complexity index is 1530. The van der Waals surface area contributed by atoms with Crippen molar-refractivity contribution in [3.05, 3.63) is 96.1 Å². The molecule has 270 valence electrons. The molecule has 0 bridgehead atoms. The fourth-order valence-electron chi connectivity index (χ4n) is 5.53. The summed E-state index contributed by atoms with van der Waals surface area (Å²) in [5, 5.41) is 18.0. The summed E-state index contributed by atoms with van der Waals surface area (Å²) in [7, 11) is 0. The van der Waals surface area contributed by atoms with Gasteiger partial charge in [0.1, 0.15) is 37.9 Å². The van der Waals surface area contributed by atoms with Crippen molar-refractivity contribution in [1.82, 2.24) is 0 Å². The van der Waals surface area contributed by atoms with E-state index in [0.29, 0.717) is 5.75 Å². The average molecular weight is 687 g/mol. The second-order valence-electron chi connectivity index (χ2n) is 12.3. The molecule has 50 heavy (non-hydrogen) atoms. The molecular weight excluding hydrogens is 632 g/mol. The maximum absolute atomic E-state index is 11.7. The van der Waals surface area contributed by atoms with Gasteiger partial charge < -0.3 is 29.2 Å². The average Bonchev–Trinajstić information content (AvgIpc) is 3.15. The number of esters is 2. The lowest BCUT2D eigenvalue weighted by molar-refractivity contribution is -0.141. The molecular formula is C42H54O8. The van der Waals surface area contributed by atoms with E-state index in [0.717, 1.165) is 47.3 Å². The molecule has 8 heteroatoms. The van der Waals surface area contributed by atoms with Crippen molar-refractivity contribution in [3.8, 4) is 33.8 Å². The highest BCUT2D eigenvalue weighted by Gasteiger charge is 2.12. The van der Waals surface area contributed by atoms with E-state index in [4.69, 9.17) is 29.2 Å². The minimum absolute atomic E-state index is 0.0136. The number of ether oxygens (including phenoxy) is 4. The molecule has 0 aliphatic carbocycles. The predicted molar refractivity (Wildman–Crippen MR) is 198 cm³/mol. The first-order valence-electron chi connectivity index (χ1n) is 17.8. The van der Waals surface area contributed by atoms with Crippen LogP contribution in [0.3, 0.4) is 0 Å². The molecule has 8 nitrogen and oxygen atoms in total. The second kappa shape index (κ2) is 22.3. The van der Waals surface area contributed by atoms with E-state index in [1.807, 2.05) is 18.2 Å². The van der Waals surface area contributed by atoms with Crippen LogP contribution in [0.1, 0.15) is 76.3 Å². The molecule has 0 aliphatic rings. The molecule has 0 aromatic heterocycles. The molecule has 0 saturated carbocycles. The Morgan fingerprint density at radius 3 is 1.70 bits per heavy atom. The molecule has 0 atom stereocenters. The molecule has 0 unspecified atom stereocenters. The minimum atomic E-state index is -0.628. The van der Waals surface area contributed by atoms with Gasteiger partial charge in [-0.3, -0.25) is 0 Å². The molecule has 0 heterocycles. The van der Waals surface area contributed by atoms with E-state index >= 15 is 0 Å². The van der Waals surface area contributed by atoms with Gasteiger partial charge in [0, 0.05) is 0 Å². The van der Waals surface area contributed by atoms with Gasteiger partial charge >= 0.3 is 11.9 Å². The van der Waals surface area contributed by atoms with Crippen LogP contribution >= 0.6 is 0 Å². The van der Waals surface area contributed by atoms with Crippen LogP contribution in [0, 0.1) is 0 Å². The number of carbonyl (C=O) groups excluding carboxylic acids is 2. The van der Waals surface area contributed by atoms with Crippen LogP contribution in [0.25, 0.3) is 22.3 Å². The van der Waals surface area contributed by atoms with E-state index in [1.54, 1.807) is 0 Å². The van der Waals surface area contributed by atoms with Gasteiger partial charge in [-0.05, 0) is 76.9 Å². The van der Waals surface area contributed by atoms with Gasteiger partial charge in [0.05, 0.1) is 24.4 Å². The van der Waals surface area contributed by atoms with Gasteiger partial charge in [0.25, 0.3) is 0 Å². The number of aliphatic hydroxyl groups is 2. The summed E-state index contributed by atoms with van der Waals surface area (Å²) in [6, 6.07) is 20.8. The van der Waals surface area contributed by atoms with Crippen LogP contribution in [0.15, 0.2) is 85.0 Å². The quantitative estimate of drug-likeness (QED) is 0.0551. The lowest BCUT2D eigenvalue weighted by Crippen LogP contribution is -2.15. The zero-order chi connectivity index (χ0) is 36.1. The van der Waals surface area contributed by atoms with Crippen molar-refractivity contribution >= 4 is 11.9 Å². The third-order valence-corrected chi connectivity index (χ3v) is 8.46. The van der Waals surface area contributed by atoms with E-state index in [-0.39, 0.29) is 37.6 Å². The normalized spacial score (nSPS) is 10.8. The standard InChI is InChI=1S/C42H54O8/c1-5-7-8-9-10-11-12-13-14-37-28-35(36-18-22-40(33(6-2)27-36)48-24-26-50-42(46)32(4)30-44)17-21-39(37)34-15-19-38(20-16-34)47-23-25-49-41(45)31(3)29-43/h15-22,27-28,43-44H,3-14,23-26,29-30H2,1-2H3. The van der Waals surface area contributed by atoms with Crippen LogP contribution in [-0.2, 0) is 31.9 Å². The molecule has 3 aromatic carbocycles. The van der Waals surface area contributed by atoms with Crippen LogP contribution in [0.5, 0.6) is 11.5 Å². The topological polar surface area (TPSA) is 112 Å². The SMILES string of the molecule is C=C(CO)C(=O)OCCOc1ccc(-c2ccc(-c3ccc(OCCOC(=O)C(=C)CO)c(CC)c3)cc2CCCCCCCCCC)cc1. The summed E-state index contributed by atoms with van der Waals surface area (Å²) in [5.74, 6) is 0.173. The summed E-state index contributed by atoms with van der Waals surface area (Å²) in [5.41, 5.74) is 6.92.